The molecular formula is C11H17N3O2S2. The maximum absolute atomic E-state index is 10.5. The van der Waals surface area contributed by atoms with E-state index in [4.69, 9.17) is 5.11 Å². The van der Waals surface area contributed by atoms with E-state index in [9.17, 15) is 4.79 Å². The molecule has 0 saturated carbocycles. The molecule has 7 heteroatoms. The average molecular weight is 287 g/mol. The van der Waals surface area contributed by atoms with Crippen molar-refractivity contribution < 1.29 is 9.90 Å². The minimum atomic E-state index is -0.819. The first-order chi connectivity index (χ1) is 8.69. The number of rotatable bonds is 6. The van der Waals surface area contributed by atoms with Gasteiger partial charge in [0.15, 0.2) is 4.34 Å². The van der Waals surface area contributed by atoms with Gasteiger partial charge in [-0.05, 0) is 18.8 Å². The highest BCUT2D eigenvalue weighted by Gasteiger charge is 2.24. The van der Waals surface area contributed by atoms with Gasteiger partial charge < -0.3 is 10.0 Å². The van der Waals surface area contributed by atoms with Gasteiger partial charge in [-0.15, -0.1) is 10.2 Å². The Labute approximate surface area is 115 Å². The Kier molecular flexibility index (Phi) is 4.82. The van der Waals surface area contributed by atoms with Crippen LogP contribution >= 0.6 is 23.1 Å². The third-order valence-electron chi connectivity index (χ3n) is 2.97. The van der Waals surface area contributed by atoms with Crippen LogP contribution in [0.1, 0.15) is 26.2 Å². The van der Waals surface area contributed by atoms with Crippen LogP contribution in [-0.2, 0) is 4.79 Å². The molecule has 100 valence electrons. The molecule has 0 bridgehead atoms. The molecule has 1 aromatic heterocycles. The summed E-state index contributed by atoms with van der Waals surface area (Å²) in [5.41, 5.74) is 0. The van der Waals surface area contributed by atoms with Gasteiger partial charge in [-0.1, -0.05) is 36.4 Å². The number of anilines is 1. The molecule has 1 fully saturated rings. The lowest BCUT2D eigenvalue weighted by Gasteiger charge is -2.13. The molecule has 18 heavy (non-hydrogen) atoms. The Hall–Kier alpha value is -0.820. The van der Waals surface area contributed by atoms with Gasteiger partial charge in [0.25, 0.3) is 0 Å². The van der Waals surface area contributed by atoms with Crippen molar-refractivity contribution in [3.05, 3.63) is 0 Å². The predicted octanol–water partition coefficient (Wildman–Crippen LogP) is 2.34. The maximum Gasteiger partial charge on any atom is 0.313 e. The van der Waals surface area contributed by atoms with E-state index in [1.807, 2.05) is 0 Å². The summed E-state index contributed by atoms with van der Waals surface area (Å²) in [6.07, 6.45) is 3.73. The van der Waals surface area contributed by atoms with E-state index < -0.39 is 5.97 Å². The standard InChI is InChI=1S/C11H17N3O2S2/c1-2-3-8-4-5-14(6-8)10-12-13-11(18-10)17-7-9(15)16/h8H,2-7H2,1H3,(H,15,16). The molecule has 1 aliphatic rings. The monoisotopic (exact) mass is 287 g/mol. The van der Waals surface area contributed by atoms with E-state index in [0.717, 1.165) is 28.5 Å². The smallest absolute Gasteiger partial charge is 0.313 e. The van der Waals surface area contributed by atoms with Crippen LogP contribution in [0.4, 0.5) is 5.13 Å². The fourth-order valence-corrected chi connectivity index (χ4v) is 3.76. The Morgan fingerprint density at radius 2 is 2.44 bits per heavy atom. The molecule has 1 aromatic rings. The fraction of sp³-hybridized carbons (Fsp3) is 0.727. The highest BCUT2D eigenvalue weighted by Crippen LogP contribution is 2.32. The number of carbonyl (C=O) groups is 1. The summed E-state index contributed by atoms with van der Waals surface area (Å²) in [6.45, 7) is 4.32. The van der Waals surface area contributed by atoms with Crippen LogP contribution < -0.4 is 4.90 Å². The molecule has 1 aliphatic heterocycles. The Morgan fingerprint density at radius 1 is 1.61 bits per heavy atom. The quantitative estimate of drug-likeness (QED) is 0.810. The van der Waals surface area contributed by atoms with Crippen molar-refractivity contribution in [2.45, 2.75) is 30.5 Å². The van der Waals surface area contributed by atoms with Crippen molar-refractivity contribution in [2.24, 2.45) is 5.92 Å². The molecule has 0 spiro atoms. The minimum Gasteiger partial charge on any atom is -0.481 e. The van der Waals surface area contributed by atoms with Crippen LogP contribution in [0.3, 0.4) is 0 Å². The van der Waals surface area contributed by atoms with E-state index in [2.05, 4.69) is 22.0 Å². The minimum absolute atomic E-state index is 0.0487. The Bertz CT molecular complexity index is 411. The second-order valence-corrected chi connectivity index (χ2v) is 6.60. The van der Waals surface area contributed by atoms with Crippen molar-refractivity contribution in [3.8, 4) is 0 Å². The van der Waals surface area contributed by atoms with Crippen molar-refractivity contribution in [1.29, 1.82) is 0 Å². The van der Waals surface area contributed by atoms with E-state index in [-0.39, 0.29) is 5.75 Å². The number of hydrogen-bond acceptors (Lipinski definition) is 6. The first-order valence-corrected chi connectivity index (χ1v) is 7.92. The van der Waals surface area contributed by atoms with Gasteiger partial charge in [0, 0.05) is 13.1 Å². The zero-order valence-corrected chi connectivity index (χ0v) is 12.0. The van der Waals surface area contributed by atoms with Gasteiger partial charge >= 0.3 is 5.97 Å². The molecule has 0 radical (unpaired) electrons. The lowest BCUT2D eigenvalue weighted by molar-refractivity contribution is -0.133. The van der Waals surface area contributed by atoms with E-state index in [1.165, 1.54) is 42.4 Å². The van der Waals surface area contributed by atoms with Gasteiger partial charge in [0.1, 0.15) is 0 Å². The summed E-state index contributed by atoms with van der Waals surface area (Å²) in [7, 11) is 0. The van der Waals surface area contributed by atoms with E-state index >= 15 is 0 Å². The molecule has 5 nitrogen and oxygen atoms in total. The Morgan fingerprint density at radius 3 is 3.17 bits per heavy atom. The van der Waals surface area contributed by atoms with Crippen LogP contribution in [0.15, 0.2) is 4.34 Å². The van der Waals surface area contributed by atoms with Crippen LogP contribution in [0, 0.1) is 5.92 Å². The number of hydrogen-bond donors (Lipinski definition) is 1. The number of aromatic nitrogens is 2. The lowest BCUT2D eigenvalue weighted by Crippen LogP contribution is -2.19. The normalized spacial score (nSPS) is 19.4. The SMILES string of the molecule is CCCC1CCN(c2nnc(SCC(=O)O)s2)C1. The summed E-state index contributed by atoms with van der Waals surface area (Å²) < 4.78 is 0.742. The summed E-state index contributed by atoms with van der Waals surface area (Å²) in [6, 6.07) is 0. The number of carboxylic acids is 1. The fourth-order valence-electron chi connectivity index (χ4n) is 2.16. The molecule has 0 amide bonds. The van der Waals surface area contributed by atoms with Crippen molar-refractivity contribution in [1.82, 2.24) is 10.2 Å². The molecular weight excluding hydrogens is 270 g/mol. The molecule has 2 rings (SSSR count). The average Bonchev–Trinajstić information content (AvgIpc) is 2.94. The first kappa shape index (κ1) is 13.6. The molecule has 1 saturated heterocycles. The van der Waals surface area contributed by atoms with Crippen molar-refractivity contribution in [3.63, 3.8) is 0 Å². The van der Waals surface area contributed by atoms with Gasteiger partial charge in [-0.2, -0.15) is 0 Å². The van der Waals surface area contributed by atoms with Gasteiger partial charge in [0.2, 0.25) is 5.13 Å². The molecule has 1 unspecified atom stereocenters. The number of aliphatic carboxylic acids is 1. The number of thioether (sulfide) groups is 1. The second-order valence-electron chi connectivity index (χ2n) is 4.42. The summed E-state index contributed by atoms with van der Waals surface area (Å²) in [5.74, 6) is 0.00237. The Balaban J connectivity index is 1.88. The molecule has 1 N–H and O–H groups in total. The van der Waals surface area contributed by atoms with Crippen LogP contribution in [0.2, 0.25) is 0 Å². The van der Waals surface area contributed by atoms with Crippen molar-refractivity contribution >= 4 is 34.2 Å². The number of nitrogens with zero attached hydrogens (tertiary/aromatic N) is 3. The van der Waals surface area contributed by atoms with Crippen LogP contribution in [0.5, 0.6) is 0 Å². The molecule has 1 atom stereocenters. The highest BCUT2D eigenvalue weighted by molar-refractivity contribution is 8.01. The van der Waals surface area contributed by atoms with E-state index in [0.29, 0.717) is 0 Å². The van der Waals surface area contributed by atoms with Crippen LogP contribution in [0.25, 0.3) is 0 Å². The molecule has 2 heterocycles. The highest BCUT2D eigenvalue weighted by atomic mass is 32.2. The zero-order chi connectivity index (χ0) is 13.0. The van der Waals surface area contributed by atoms with Crippen molar-refractivity contribution in [2.75, 3.05) is 23.7 Å². The maximum atomic E-state index is 10.5. The number of carboxylic acid groups (broad SMARTS) is 1. The van der Waals surface area contributed by atoms with Gasteiger partial charge in [-0.3, -0.25) is 4.79 Å². The lowest BCUT2D eigenvalue weighted by atomic mass is 10.0. The van der Waals surface area contributed by atoms with Gasteiger partial charge in [-0.25, -0.2) is 0 Å². The predicted molar refractivity (Wildman–Crippen MR) is 73.5 cm³/mol. The molecule has 0 aromatic carbocycles. The first-order valence-electron chi connectivity index (χ1n) is 6.12. The topological polar surface area (TPSA) is 66.3 Å². The summed E-state index contributed by atoms with van der Waals surface area (Å²) in [5, 5.41) is 17.7. The van der Waals surface area contributed by atoms with Gasteiger partial charge in [0.05, 0.1) is 5.75 Å². The zero-order valence-electron chi connectivity index (χ0n) is 10.3. The summed E-state index contributed by atoms with van der Waals surface area (Å²) in [4.78, 5) is 12.7. The second kappa shape index (κ2) is 6.38. The van der Waals surface area contributed by atoms with E-state index in [1.54, 1.807) is 0 Å². The van der Waals surface area contributed by atoms with Crippen LogP contribution in [-0.4, -0.2) is 40.1 Å². The summed E-state index contributed by atoms with van der Waals surface area (Å²) >= 11 is 2.73. The third-order valence-corrected chi connectivity index (χ3v) is 5.07. The molecule has 0 aliphatic carbocycles. The largest absolute Gasteiger partial charge is 0.481 e. The third kappa shape index (κ3) is 3.58.